The molecule has 1 aromatic rings. The van der Waals surface area contributed by atoms with E-state index in [4.69, 9.17) is 12.2 Å². The fraction of sp³-hybridized carbons (Fsp3) is 0.500. The topological polar surface area (TPSA) is 12.9 Å². The highest BCUT2D eigenvalue weighted by Gasteiger charge is 2.39. The van der Waals surface area contributed by atoms with Crippen molar-refractivity contribution in [3.63, 3.8) is 0 Å². The molecular formula is C12H15NS3. The first-order valence-corrected chi connectivity index (χ1v) is 8.05. The Hall–Kier alpha value is -0.0600. The predicted molar refractivity (Wildman–Crippen MR) is 78.3 cm³/mol. The molecule has 1 saturated heterocycles. The molecule has 2 heterocycles. The minimum atomic E-state index is -0.0196. The second kappa shape index (κ2) is 5.52. The fourth-order valence-corrected chi connectivity index (χ4v) is 4.75. The van der Waals surface area contributed by atoms with Gasteiger partial charge in [-0.25, -0.2) is 0 Å². The zero-order valence-electron chi connectivity index (χ0n) is 9.31. The van der Waals surface area contributed by atoms with Crippen molar-refractivity contribution in [2.75, 3.05) is 12.0 Å². The summed E-state index contributed by atoms with van der Waals surface area (Å²) in [7, 11) is 0. The van der Waals surface area contributed by atoms with E-state index in [0.717, 1.165) is 16.3 Å². The van der Waals surface area contributed by atoms with Gasteiger partial charge < -0.3 is 0 Å². The van der Waals surface area contributed by atoms with Crippen LogP contribution in [0.3, 0.4) is 0 Å². The van der Waals surface area contributed by atoms with Gasteiger partial charge in [-0.15, -0.1) is 23.5 Å². The largest absolute Gasteiger partial charge is 0.259 e. The first-order valence-electron chi connectivity index (χ1n) is 5.43. The Kier molecular flexibility index (Phi) is 4.27. The summed E-state index contributed by atoms with van der Waals surface area (Å²) in [6.45, 7) is 0. The summed E-state index contributed by atoms with van der Waals surface area (Å²) in [4.78, 5) is 4.52. The molecule has 1 fully saturated rings. The summed E-state index contributed by atoms with van der Waals surface area (Å²) in [6, 6.07) is 6.13. The van der Waals surface area contributed by atoms with Crippen molar-refractivity contribution in [1.29, 1.82) is 0 Å². The van der Waals surface area contributed by atoms with Gasteiger partial charge in [0.05, 0.1) is 14.6 Å². The Morgan fingerprint density at radius 3 is 2.94 bits per heavy atom. The highest BCUT2D eigenvalue weighted by molar-refractivity contribution is 8.24. The number of pyridine rings is 1. The smallest absolute Gasteiger partial charge is 0.0988 e. The molecule has 0 aliphatic carbocycles. The number of thiocarbonyl (C=S) groups is 1. The monoisotopic (exact) mass is 269 g/mol. The molecule has 0 spiro atoms. The molecular weight excluding hydrogens is 254 g/mol. The average molecular weight is 269 g/mol. The minimum absolute atomic E-state index is 0.0196. The first-order chi connectivity index (χ1) is 7.79. The van der Waals surface area contributed by atoms with E-state index in [1.165, 1.54) is 18.6 Å². The zero-order chi connectivity index (χ0) is 11.4. The lowest BCUT2D eigenvalue weighted by atomic mass is 9.98. The summed E-state index contributed by atoms with van der Waals surface area (Å²) in [5.41, 5.74) is 1.14. The van der Waals surface area contributed by atoms with Crippen molar-refractivity contribution >= 4 is 39.9 Å². The summed E-state index contributed by atoms with van der Waals surface area (Å²) in [6.07, 6.45) is 7.63. The lowest BCUT2D eigenvalue weighted by molar-refractivity contribution is 0.623. The SMILES string of the molecule is CSC(=S)C1(c2ccccn2)CCCCS1. The van der Waals surface area contributed by atoms with Crippen LogP contribution in [-0.4, -0.2) is 21.2 Å². The van der Waals surface area contributed by atoms with Crippen molar-refractivity contribution in [2.24, 2.45) is 0 Å². The van der Waals surface area contributed by atoms with Crippen LogP contribution >= 0.6 is 35.7 Å². The molecule has 1 atom stereocenters. The van der Waals surface area contributed by atoms with E-state index < -0.39 is 0 Å². The Labute approximate surface area is 111 Å². The standard InChI is InChI=1S/C12H15NS3/c1-15-11(14)12(7-3-5-9-16-12)10-6-2-4-8-13-10/h2,4,6,8H,3,5,7,9H2,1H3. The summed E-state index contributed by atoms with van der Waals surface area (Å²) >= 11 is 9.24. The Morgan fingerprint density at radius 2 is 2.38 bits per heavy atom. The van der Waals surface area contributed by atoms with Crippen molar-refractivity contribution < 1.29 is 0 Å². The van der Waals surface area contributed by atoms with Gasteiger partial charge in [0.1, 0.15) is 0 Å². The van der Waals surface area contributed by atoms with E-state index in [2.05, 4.69) is 23.4 Å². The van der Waals surface area contributed by atoms with Crippen LogP contribution < -0.4 is 0 Å². The average Bonchev–Trinajstić information content (AvgIpc) is 2.39. The van der Waals surface area contributed by atoms with Crippen molar-refractivity contribution in [3.8, 4) is 0 Å². The number of rotatable bonds is 2. The maximum atomic E-state index is 5.57. The maximum Gasteiger partial charge on any atom is 0.0988 e. The lowest BCUT2D eigenvalue weighted by Gasteiger charge is -2.36. The number of aromatic nitrogens is 1. The number of hydrogen-bond donors (Lipinski definition) is 0. The molecule has 1 aromatic heterocycles. The Bertz CT molecular complexity index is 358. The molecule has 2 rings (SSSR count). The van der Waals surface area contributed by atoms with Crippen LogP contribution in [0.25, 0.3) is 0 Å². The van der Waals surface area contributed by atoms with Gasteiger partial charge in [-0.05, 0) is 37.0 Å². The molecule has 4 heteroatoms. The van der Waals surface area contributed by atoms with E-state index in [-0.39, 0.29) is 4.75 Å². The van der Waals surface area contributed by atoms with E-state index >= 15 is 0 Å². The van der Waals surface area contributed by atoms with Gasteiger partial charge in [-0.1, -0.05) is 24.7 Å². The van der Waals surface area contributed by atoms with Crippen LogP contribution in [0.15, 0.2) is 24.4 Å². The van der Waals surface area contributed by atoms with Crippen LogP contribution in [0.1, 0.15) is 25.0 Å². The van der Waals surface area contributed by atoms with Gasteiger partial charge >= 0.3 is 0 Å². The summed E-state index contributed by atoms with van der Waals surface area (Å²) in [5, 5.41) is 0. The zero-order valence-corrected chi connectivity index (χ0v) is 11.8. The molecule has 0 N–H and O–H groups in total. The quantitative estimate of drug-likeness (QED) is 0.755. The fourth-order valence-electron chi connectivity index (χ4n) is 2.03. The molecule has 0 bridgehead atoms. The lowest BCUT2D eigenvalue weighted by Crippen LogP contribution is -2.33. The predicted octanol–water partition coefficient (Wildman–Crippen LogP) is 3.88. The molecule has 1 nitrogen and oxygen atoms in total. The van der Waals surface area contributed by atoms with Gasteiger partial charge in [0, 0.05) is 6.20 Å². The molecule has 0 amide bonds. The first kappa shape index (κ1) is 12.4. The summed E-state index contributed by atoms with van der Waals surface area (Å²) < 4.78 is 1.06. The number of nitrogens with zero attached hydrogens (tertiary/aromatic N) is 1. The second-order valence-electron chi connectivity index (χ2n) is 3.84. The van der Waals surface area contributed by atoms with Gasteiger partial charge in [0.15, 0.2) is 0 Å². The van der Waals surface area contributed by atoms with Crippen LogP contribution in [0, 0.1) is 0 Å². The molecule has 1 aliphatic rings. The highest BCUT2D eigenvalue weighted by atomic mass is 32.2. The normalized spacial score (nSPS) is 25.3. The number of hydrogen-bond acceptors (Lipinski definition) is 4. The Balaban J connectivity index is 2.38. The van der Waals surface area contributed by atoms with Gasteiger partial charge in [-0.2, -0.15) is 0 Å². The van der Waals surface area contributed by atoms with Crippen molar-refractivity contribution in [1.82, 2.24) is 4.98 Å². The van der Waals surface area contributed by atoms with E-state index in [9.17, 15) is 0 Å². The van der Waals surface area contributed by atoms with Gasteiger partial charge in [0.25, 0.3) is 0 Å². The van der Waals surface area contributed by atoms with Gasteiger partial charge in [-0.3, -0.25) is 4.98 Å². The van der Waals surface area contributed by atoms with Crippen molar-refractivity contribution in [2.45, 2.75) is 24.0 Å². The third-order valence-electron chi connectivity index (χ3n) is 2.87. The Morgan fingerprint density at radius 1 is 1.50 bits per heavy atom. The molecule has 0 radical (unpaired) electrons. The number of thioether (sulfide) groups is 2. The molecule has 16 heavy (non-hydrogen) atoms. The van der Waals surface area contributed by atoms with Crippen LogP contribution in [0.4, 0.5) is 0 Å². The van der Waals surface area contributed by atoms with E-state index in [1.807, 2.05) is 24.0 Å². The third-order valence-corrected chi connectivity index (χ3v) is 6.29. The third kappa shape index (κ3) is 2.29. The van der Waals surface area contributed by atoms with E-state index in [1.54, 1.807) is 11.8 Å². The molecule has 0 aromatic carbocycles. The summed E-state index contributed by atoms with van der Waals surface area (Å²) in [5.74, 6) is 1.19. The molecule has 1 aliphatic heterocycles. The molecule has 0 saturated carbocycles. The minimum Gasteiger partial charge on any atom is -0.259 e. The van der Waals surface area contributed by atoms with Crippen LogP contribution in [0.2, 0.25) is 0 Å². The van der Waals surface area contributed by atoms with Crippen molar-refractivity contribution in [3.05, 3.63) is 30.1 Å². The molecule has 1 unspecified atom stereocenters. The van der Waals surface area contributed by atoms with Crippen LogP contribution in [0.5, 0.6) is 0 Å². The van der Waals surface area contributed by atoms with E-state index in [0.29, 0.717) is 0 Å². The molecule has 86 valence electrons. The highest BCUT2D eigenvalue weighted by Crippen LogP contribution is 2.47. The van der Waals surface area contributed by atoms with Crippen LogP contribution in [-0.2, 0) is 4.75 Å². The van der Waals surface area contributed by atoms with Gasteiger partial charge in [0.2, 0.25) is 0 Å². The second-order valence-corrected chi connectivity index (χ2v) is 6.72. The maximum absolute atomic E-state index is 5.57.